The number of methoxy groups -OCH3 is 3. The second kappa shape index (κ2) is 11.0. The van der Waals surface area contributed by atoms with E-state index in [1.807, 2.05) is 36.6 Å². The van der Waals surface area contributed by atoms with Gasteiger partial charge >= 0.3 is 0 Å². The molecule has 0 unspecified atom stereocenters. The number of hydrogen-bond acceptors (Lipinski definition) is 7. The van der Waals surface area contributed by atoms with E-state index in [0.29, 0.717) is 54.0 Å². The molecular weight excluding hydrogens is 432 g/mol. The van der Waals surface area contributed by atoms with Crippen LogP contribution >= 0.6 is 11.3 Å². The summed E-state index contributed by atoms with van der Waals surface area (Å²) >= 11 is 1.43. The summed E-state index contributed by atoms with van der Waals surface area (Å²) in [5.41, 5.74) is 1.30. The molecule has 0 saturated carbocycles. The third-order valence-electron chi connectivity index (χ3n) is 4.74. The monoisotopic (exact) mass is 460 g/mol. The fourth-order valence-corrected chi connectivity index (χ4v) is 4.35. The lowest BCUT2D eigenvalue weighted by atomic mass is 10.1. The minimum Gasteiger partial charge on any atom is -0.494 e. The predicted octanol–water partition coefficient (Wildman–Crippen LogP) is 3.90. The smallest absolute Gasteiger partial charge is 0.279 e. The van der Waals surface area contributed by atoms with E-state index in [1.165, 1.54) is 32.7 Å². The first-order valence-corrected chi connectivity index (χ1v) is 11.1. The number of hydrogen-bond donors (Lipinski definition) is 0. The van der Waals surface area contributed by atoms with Crippen LogP contribution in [0.5, 0.6) is 23.0 Å². The molecule has 0 radical (unpaired) electrons. The normalized spacial score (nSPS) is 11.6. The SMILES string of the molecule is CCOCCn1c(=NC(=O)c2cc(OC)c(OC)c(OC)c2)sc2cc(OCC)ccc21. The maximum absolute atomic E-state index is 13.1. The Hall–Kier alpha value is -3.04. The standard InChI is InChI=1S/C23H28N2O6S/c1-6-30-11-10-25-17-9-8-16(31-7-2)14-20(17)32-23(25)24-22(26)15-12-18(27-3)21(29-5)19(13-15)28-4/h8-9,12-14H,6-7,10-11H2,1-5H3. The number of carbonyl (C=O) groups is 1. The highest BCUT2D eigenvalue weighted by molar-refractivity contribution is 7.16. The molecule has 1 amide bonds. The van der Waals surface area contributed by atoms with Crippen molar-refractivity contribution >= 4 is 27.5 Å². The molecule has 0 fully saturated rings. The van der Waals surface area contributed by atoms with Gasteiger partial charge in [0.1, 0.15) is 5.75 Å². The Bertz CT molecular complexity index is 1130. The van der Waals surface area contributed by atoms with Gasteiger partial charge in [-0.25, -0.2) is 0 Å². The lowest BCUT2D eigenvalue weighted by Gasteiger charge is -2.12. The van der Waals surface area contributed by atoms with Crippen LogP contribution in [0, 0.1) is 0 Å². The summed E-state index contributed by atoms with van der Waals surface area (Å²) in [6, 6.07) is 9.05. The quantitative estimate of drug-likeness (QED) is 0.427. The Morgan fingerprint density at radius 2 is 1.72 bits per heavy atom. The lowest BCUT2D eigenvalue weighted by Crippen LogP contribution is -2.19. The lowest BCUT2D eigenvalue weighted by molar-refractivity contribution is 0.0996. The van der Waals surface area contributed by atoms with E-state index >= 15 is 0 Å². The van der Waals surface area contributed by atoms with Crippen LogP contribution in [0.25, 0.3) is 10.2 Å². The third-order valence-corrected chi connectivity index (χ3v) is 5.78. The van der Waals surface area contributed by atoms with Gasteiger partial charge in [-0.1, -0.05) is 11.3 Å². The highest BCUT2D eigenvalue weighted by atomic mass is 32.1. The highest BCUT2D eigenvalue weighted by Crippen LogP contribution is 2.38. The second-order valence-electron chi connectivity index (χ2n) is 6.63. The second-order valence-corrected chi connectivity index (χ2v) is 7.64. The van der Waals surface area contributed by atoms with E-state index in [0.717, 1.165) is 16.0 Å². The van der Waals surface area contributed by atoms with E-state index in [1.54, 1.807) is 12.1 Å². The van der Waals surface area contributed by atoms with Gasteiger partial charge in [0.05, 0.1) is 44.8 Å². The zero-order valence-electron chi connectivity index (χ0n) is 19.0. The van der Waals surface area contributed by atoms with E-state index in [9.17, 15) is 4.79 Å². The topological polar surface area (TPSA) is 80.5 Å². The van der Waals surface area contributed by atoms with Crippen LogP contribution in [0.4, 0.5) is 0 Å². The van der Waals surface area contributed by atoms with Crippen molar-refractivity contribution in [2.45, 2.75) is 20.4 Å². The molecular formula is C23H28N2O6S. The summed E-state index contributed by atoms with van der Waals surface area (Å²) in [5, 5.41) is 0. The largest absolute Gasteiger partial charge is 0.494 e. The maximum Gasteiger partial charge on any atom is 0.279 e. The van der Waals surface area contributed by atoms with Crippen LogP contribution in [0.2, 0.25) is 0 Å². The Morgan fingerprint density at radius 1 is 1.00 bits per heavy atom. The van der Waals surface area contributed by atoms with Gasteiger partial charge in [-0.3, -0.25) is 4.79 Å². The van der Waals surface area contributed by atoms with Crippen molar-refractivity contribution in [2.24, 2.45) is 4.99 Å². The number of carbonyl (C=O) groups excluding carboxylic acids is 1. The summed E-state index contributed by atoms with van der Waals surface area (Å²) in [7, 11) is 4.53. The van der Waals surface area contributed by atoms with Crippen LogP contribution in [-0.2, 0) is 11.3 Å². The molecule has 0 aliphatic heterocycles. The summed E-state index contributed by atoms with van der Waals surface area (Å²) in [6.07, 6.45) is 0. The van der Waals surface area contributed by atoms with Crippen molar-refractivity contribution in [3.05, 3.63) is 40.7 Å². The first-order chi connectivity index (χ1) is 15.6. The Kier molecular flexibility index (Phi) is 8.13. The van der Waals surface area contributed by atoms with Crippen molar-refractivity contribution in [3.63, 3.8) is 0 Å². The molecule has 8 nitrogen and oxygen atoms in total. The molecule has 0 saturated heterocycles. The van der Waals surface area contributed by atoms with Crippen molar-refractivity contribution < 1.29 is 28.5 Å². The van der Waals surface area contributed by atoms with Gasteiger partial charge in [-0.15, -0.1) is 0 Å². The van der Waals surface area contributed by atoms with E-state index < -0.39 is 5.91 Å². The molecule has 1 heterocycles. The van der Waals surface area contributed by atoms with Gasteiger partial charge in [-0.05, 0) is 44.2 Å². The Balaban J connectivity index is 2.09. The van der Waals surface area contributed by atoms with Gasteiger partial charge in [0, 0.05) is 18.7 Å². The van der Waals surface area contributed by atoms with Gasteiger partial charge < -0.3 is 28.3 Å². The number of fused-ring (bicyclic) bond motifs is 1. The van der Waals surface area contributed by atoms with Crippen LogP contribution in [-0.4, -0.2) is 51.6 Å². The summed E-state index contributed by atoms with van der Waals surface area (Å²) < 4.78 is 30.2. The molecule has 3 rings (SSSR count). The van der Waals surface area contributed by atoms with Gasteiger partial charge in [0.2, 0.25) is 5.75 Å². The van der Waals surface area contributed by atoms with Gasteiger partial charge in [-0.2, -0.15) is 4.99 Å². The Morgan fingerprint density at radius 3 is 2.31 bits per heavy atom. The predicted molar refractivity (Wildman–Crippen MR) is 123 cm³/mol. The molecule has 2 aromatic carbocycles. The van der Waals surface area contributed by atoms with Crippen molar-refractivity contribution in [1.29, 1.82) is 0 Å². The number of benzene rings is 2. The third kappa shape index (κ3) is 5.05. The average molecular weight is 461 g/mol. The number of ether oxygens (including phenoxy) is 5. The Labute approximate surface area is 191 Å². The van der Waals surface area contributed by atoms with Crippen LogP contribution < -0.4 is 23.7 Å². The molecule has 0 spiro atoms. The van der Waals surface area contributed by atoms with E-state index in [2.05, 4.69) is 4.99 Å². The van der Waals surface area contributed by atoms with E-state index in [4.69, 9.17) is 23.7 Å². The summed E-state index contributed by atoms with van der Waals surface area (Å²) in [5.74, 6) is 1.58. The summed E-state index contributed by atoms with van der Waals surface area (Å²) in [6.45, 7) is 6.18. The highest BCUT2D eigenvalue weighted by Gasteiger charge is 2.17. The van der Waals surface area contributed by atoms with Crippen molar-refractivity contribution in [1.82, 2.24) is 4.57 Å². The molecule has 172 valence electrons. The minimum absolute atomic E-state index is 0.336. The first kappa shape index (κ1) is 23.6. The molecule has 32 heavy (non-hydrogen) atoms. The first-order valence-electron chi connectivity index (χ1n) is 10.3. The van der Waals surface area contributed by atoms with E-state index in [-0.39, 0.29) is 0 Å². The molecule has 0 aliphatic carbocycles. The van der Waals surface area contributed by atoms with Gasteiger partial charge in [0.15, 0.2) is 16.3 Å². The molecule has 0 N–H and O–H groups in total. The molecule has 0 atom stereocenters. The minimum atomic E-state index is -0.411. The molecule has 1 aromatic heterocycles. The number of rotatable bonds is 10. The number of thiazole rings is 1. The fraction of sp³-hybridized carbons (Fsp3) is 0.391. The van der Waals surface area contributed by atoms with Crippen LogP contribution in [0.15, 0.2) is 35.3 Å². The number of amides is 1. The maximum atomic E-state index is 13.1. The van der Waals surface area contributed by atoms with Crippen molar-refractivity contribution in [2.75, 3.05) is 41.2 Å². The zero-order valence-corrected chi connectivity index (χ0v) is 19.8. The molecule has 0 aliphatic rings. The average Bonchev–Trinajstić information content (AvgIpc) is 3.14. The summed E-state index contributed by atoms with van der Waals surface area (Å²) in [4.78, 5) is 18.1. The molecule has 9 heteroatoms. The van der Waals surface area contributed by atoms with Crippen molar-refractivity contribution in [3.8, 4) is 23.0 Å². The van der Waals surface area contributed by atoms with Gasteiger partial charge in [0.25, 0.3) is 5.91 Å². The zero-order chi connectivity index (χ0) is 23.1. The van der Waals surface area contributed by atoms with Crippen LogP contribution in [0.1, 0.15) is 24.2 Å². The number of nitrogens with zero attached hydrogens (tertiary/aromatic N) is 2. The fourth-order valence-electron chi connectivity index (χ4n) is 3.27. The molecule has 0 bridgehead atoms. The number of aromatic nitrogens is 1. The van der Waals surface area contributed by atoms with Crippen LogP contribution in [0.3, 0.4) is 0 Å². The molecule has 3 aromatic rings.